The zero-order chi connectivity index (χ0) is 13.8. The standard InChI is InChI=1S/C15H12BrN3S/c16-12-3-6-14(18-9-12)10-19-13-4-1-11(2-5-13)15-17-7-8-20-15/h1-9,19H,10H2. The highest BCUT2D eigenvalue weighted by Crippen LogP contribution is 2.23. The highest BCUT2D eigenvalue weighted by molar-refractivity contribution is 9.10. The molecule has 20 heavy (non-hydrogen) atoms. The quantitative estimate of drug-likeness (QED) is 0.751. The Morgan fingerprint density at radius 3 is 2.55 bits per heavy atom. The van der Waals surface area contributed by atoms with Gasteiger partial charge in [-0.05, 0) is 52.3 Å². The van der Waals surface area contributed by atoms with Crippen LogP contribution in [0.2, 0.25) is 0 Å². The predicted molar refractivity (Wildman–Crippen MR) is 86.8 cm³/mol. The Labute approximate surface area is 129 Å². The number of nitrogens with zero attached hydrogens (tertiary/aromatic N) is 2. The van der Waals surface area contributed by atoms with E-state index in [9.17, 15) is 0 Å². The van der Waals surface area contributed by atoms with Crippen molar-refractivity contribution in [3.05, 3.63) is 64.3 Å². The van der Waals surface area contributed by atoms with E-state index in [0.717, 1.165) is 26.4 Å². The molecule has 0 radical (unpaired) electrons. The zero-order valence-corrected chi connectivity index (χ0v) is 13.0. The summed E-state index contributed by atoms with van der Waals surface area (Å²) in [4.78, 5) is 8.64. The van der Waals surface area contributed by atoms with E-state index in [4.69, 9.17) is 0 Å². The number of rotatable bonds is 4. The van der Waals surface area contributed by atoms with Crippen LogP contribution in [-0.4, -0.2) is 9.97 Å². The van der Waals surface area contributed by atoms with Crippen LogP contribution in [0.3, 0.4) is 0 Å². The molecule has 5 heteroatoms. The fourth-order valence-corrected chi connectivity index (χ4v) is 2.68. The zero-order valence-electron chi connectivity index (χ0n) is 10.6. The summed E-state index contributed by atoms with van der Waals surface area (Å²) in [6.45, 7) is 0.712. The number of pyridine rings is 1. The number of thiazole rings is 1. The van der Waals surface area contributed by atoms with E-state index in [1.807, 2.05) is 29.9 Å². The summed E-state index contributed by atoms with van der Waals surface area (Å²) in [5, 5.41) is 6.39. The van der Waals surface area contributed by atoms with Crippen LogP contribution in [0.5, 0.6) is 0 Å². The maximum Gasteiger partial charge on any atom is 0.123 e. The van der Waals surface area contributed by atoms with Crippen molar-refractivity contribution in [1.82, 2.24) is 9.97 Å². The summed E-state index contributed by atoms with van der Waals surface area (Å²) in [5.41, 5.74) is 3.24. The van der Waals surface area contributed by atoms with Gasteiger partial charge in [-0.15, -0.1) is 11.3 Å². The molecular formula is C15H12BrN3S. The van der Waals surface area contributed by atoms with E-state index in [2.05, 4.69) is 55.5 Å². The molecule has 3 nitrogen and oxygen atoms in total. The topological polar surface area (TPSA) is 37.8 Å². The van der Waals surface area contributed by atoms with E-state index in [0.29, 0.717) is 6.54 Å². The van der Waals surface area contributed by atoms with Gasteiger partial charge in [0.05, 0.1) is 12.2 Å². The van der Waals surface area contributed by atoms with Crippen molar-refractivity contribution in [3.63, 3.8) is 0 Å². The number of hydrogen-bond acceptors (Lipinski definition) is 4. The number of hydrogen-bond donors (Lipinski definition) is 1. The molecule has 0 spiro atoms. The smallest absolute Gasteiger partial charge is 0.123 e. The highest BCUT2D eigenvalue weighted by Gasteiger charge is 2.00. The van der Waals surface area contributed by atoms with Gasteiger partial charge < -0.3 is 5.32 Å². The molecule has 0 unspecified atom stereocenters. The minimum Gasteiger partial charge on any atom is -0.379 e. The minimum atomic E-state index is 0.712. The van der Waals surface area contributed by atoms with E-state index in [1.54, 1.807) is 11.3 Å². The molecule has 3 rings (SSSR count). The Balaban J connectivity index is 1.65. The van der Waals surface area contributed by atoms with Crippen LogP contribution in [0.25, 0.3) is 10.6 Å². The normalized spacial score (nSPS) is 10.4. The Kier molecular flexibility index (Phi) is 4.08. The van der Waals surface area contributed by atoms with Crippen molar-refractivity contribution in [2.24, 2.45) is 0 Å². The Hall–Kier alpha value is -1.72. The number of nitrogens with one attached hydrogen (secondary N) is 1. The van der Waals surface area contributed by atoms with Gasteiger partial charge in [-0.25, -0.2) is 4.98 Å². The van der Waals surface area contributed by atoms with E-state index in [1.165, 1.54) is 0 Å². The lowest BCUT2D eigenvalue weighted by atomic mass is 10.2. The van der Waals surface area contributed by atoms with Crippen molar-refractivity contribution in [1.29, 1.82) is 0 Å². The van der Waals surface area contributed by atoms with Gasteiger partial charge >= 0.3 is 0 Å². The molecule has 100 valence electrons. The van der Waals surface area contributed by atoms with Gasteiger partial charge in [0.2, 0.25) is 0 Å². The SMILES string of the molecule is Brc1ccc(CNc2ccc(-c3nccs3)cc2)nc1. The molecule has 0 saturated heterocycles. The monoisotopic (exact) mass is 345 g/mol. The maximum absolute atomic E-state index is 4.33. The summed E-state index contributed by atoms with van der Waals surface area (Å²) in [5.74, 6) is 0. The first-order valence-electron chi connectivity index (χ1n) is 6.15. The first kappa shape index (κ1) is 13.3. The third-order valence-corrected chi connectivity index (χ3v) is 4.12. The molecule has 0 aliphatic carbocycles. The summed E-state index contributed by atoms with van der Waals surface area (Å²) in [7, 11) is 0. The molecule has 0 fully saturated rings. The van der Waals surface area contributed by atoms with Crippen LogP contribution >= 0.6 is 27.3 Å². The number of anilines is 1. The highest BCUT2D eigenvalue weighted by atomic mass is 79.9. The van der Waals surface area contributed by atoms with Crippen LogP contribution in [0, 0.1) is 0 Å². The number of aromatic nitrogens is 2. The molecule has 1 N–H and O–H groups in total. The van der Waals surface area contributed by atoms with Crippen LogP contribution in [0.4, 0.5) is 5.69 Å². The van der Waals surface area contributed by atoms with Gasteiger partial charge in [-0.1, -0.05) is 0 Å². The van der Waals surface area contributed by atoms with Crippen LogP contribution in [-0.2, 0) is 6.54 Å². The molecule has 3 aromatic rings. The maximum atomic E-state index is 4.33. The second-order valence-electron chi connectivity index (χ2n) is 4.24. The first-order valence-corrected chi connectivity index (χ1v) is 7.83. The van der Waals surface area contributed by atoms with Crippen molar-refractivity contribution < 1.29 is 0 Å². The average molecular weight is 346 g/mol. The molecule has 2 heterocycles. The van der Waals surface area contributed by atoms with Gasteiger partial charge in [-0.3, -0.25) is 4.98 Å². The van der Waals surface area contributed by atoms with Crippen LogP contribution < -0.4 is 5.32 Å². The second-order valence-corrected chi connectivity index (χ2v) is 6.05. The second kappa shape index (κ2) is 6.15. The molecule has 0 saturated carbocycles. The lowest BCUT2D eigenvalue weighted by Gasteiger charge is -2.06. The van der Waals surface area contributed by atoms with Gasteiger partial charge in [0, 0.05) is 33.5 Å². The summed E-state index contributed by atoms with van der Waals surface area (Å²) < 4.78 is 0.994. The number of benzene rings is 1. The molecule has 2 aromatic heterocycles. The average Bonchev–Trinajstić information content (AvgIpc) is 3.01. The third kappa shape index (κ3) is 3.23. The van der Waals surface area contributed by atoms with Crippen LogP contribution in [0.15, 0.2) is 58.6 Å². The lowest BCUT2D eigenvalue weighted by Crippen LogP contribution is -2.01. The van der Waals surface area contributed by atoms with E-state index < -0.39 is 0 Å². The van der Waals surface area contributed by atoms with Crippen molar-refractivity contribution >= 4 is 33.0 Å². The molecule has 0 amide bonds. The molecular weight excluding hydrogens is 334 g/mol. The Bertz CT molecular complexity index is 663. The van der Waals surface area contributed by atoms with Gasteiger partial charge in [0.1, 0.15) is 5.01 Å². The van der Waals surface area contributed by atoms with Crippen molar-refractivity contribution in [3.8, 4) is 10.6 Å². The molecule has 0 aliphatic heterocycles. The van der Waals surface area contributed by atoms with E-state index >= 15 is 0 Å². The van der Waals surface area contributed by atoms with E-state index in [-0.39, 0.29) is 0 Å². The fraction of sp³-hybridized carbons (Fsp3) is 0.0667. The Morgan fingerprint density at radius 2 is 1.90 bits per heavy atom. The molecule has 0 bridgehead atoms. The molecule has 0 aliphatic rings. The largest absolute Gasteiger partial charge is 0.379 e. The summed E-state index contributed by atoms with van der Waals surface area (Å²) >= 11 is 5.03. The molecule has 1 aromatic carbocycles. The first-order chi connectivity index (χ1) is 9.81. The lowest BCUT2D eigenvalue weighted by molar-refractivity contribution is 1.04. The Morgan fingerprint density at radius 1 is 1.05 bits per heavy atom. The summed E-state index contributed by atoms with van der Waals surface area (Å²) in [6.07, 6.45) is 3.63. The van der Waals surface area contributed by atoms with Gasteiger partial charge in [0.25, 0.3) is 0 Å². The fourth-order valence-electron chi connectivity index (χ4n) is 1.80. The third-order valence-electron chi connectivity index (χ3n) is 2.83. The molecule has 0 atom stereocenters. The van der Waals surface area contributed by atoms with Gasteiger partial charge in [-0.2, -0.15) is 0 Å². The summed E-state index contributed by atoms with van der Waals surface area (Å²) in [6, 6.07) is 12.3. The minimum absolute atomic E-state index is 0.712. The van der Waals surface area contributed by atoms with Gasteiger partial charge in [0.15, 0.2) is 0 Å². The van der Waals surface area contributed by atoms with Crippen molar-refractivity contribution in [2.75, 3.05) is 5.32 Å². The van der Waals surface area contributed by atoms with Crippen LogP contribution in [0.1, 0.15) is 5.69 Å². The predicted octanol–water partition coefficient (Wildman–Crippen LogP) is 4.58. The number of halogens is 1. The van der Waals surface area contributed by atoms with Crippen molar-refractivity contribution in [2.45, 2.75) is 6.54 Å².